The molecular formula is C32H47N7O11. The molecule has 1 aliphatic rings. The number of aliphatic carboxylic acids is 2. The van der Waals surface area contributed by atoms with Crippen LogP contribution in [-0.2, 0) is 44.8 Å². The molecule has 10 N–H and O–H groups in total. The van der Waals surface area contributed by atoms with Crippen molar-refractivity contribution in [2.45, 2.75) is 96.1 Å². The molecule has 2 rings (SSSR count). The number of carbonyl (C=O) groups is 8. The van der Waals surface area contributed by atoms with E-state index in [1.165, 1.54) is 43.0 Å². The molecule has 0 aliphatic carbocycles. The Balaban J connectivity index is 1.92. The fraction of sp³-hybridized carbons (Fsp3) is 0.562. The summed E-state index contributed by atoms with van der Waals surface area (Å²) in [5.74, 6) is -7.28. The number of rotatable bonds is 18. The standard InChI is InChI=1S/C32H47N7O11/c1-5-16(2)26(38-29(46)23-7-6-12-39(23)31(48)21(33)14-25(42)43)30(47)36-18(4)28(45)35-17(3)27(44)34-15-24(41)37-22(32(49)50)13-19-8-10-20(40)11-9-19/h8-11,16-18,21-23,26,40H,5-7,12-15,33H2,1-4H3,(H,34,44)(H,35,45)(H,36,47)(H,37,41)(H,38,46)(H,42,43)(H,49,50)/t16-,17-,18-,21-,22-,23-,26-/m0/s1. The number of amides is 6. The summed E-state index contributed by atoms with van der Waals surface area (Å²) >= 11 is 0. The fourth-order valence-electron chi connectivity index (χ4n) is 5.15. The van der Waals surface area contributed by atoms with Crippen LogP contribution in [0.25, 0.3) is 0 Å². The van der Waals surface area contributed by atoms with E-state index in [4.69, 9.17) is 10.8 Å². The average Bonchev–Trinajstić information content (AvgIpc) is 3.55. The summed E-state index contributed by atoms with van der Waals surface area (Å²) in [5, 5.41) is 40.0. The van der Waals surface area contributed by atoms with Gasteiger partial charge in [0.25, 0.3) is 0 Å². The average molecular weight is 706 g/mol. The summed E-state index contributed by atoms with van der Waals surface area (Å²) in [6.45, 7) is 5.82. The second-order valence-electron chi connectivity index (χ2n) is 12.3. The van der Waals surface area contributed by atoms with E-state index in [0.717, 1.165) is 0 Å². The number of carbonyl (C=O) groups excluding carboxylic acids is 6. The van der Waals surface area contributed by atoms with Gasteiger partial charge >= 0.3 is 11.9 Å². The maximum Gasteiger partial charge on any atom is 0.326 e. The number of hydrogen-bond donors (Lipinski definition) is 9. The maximum atomic E-state index is 13.3. The first-order valence-electron chi connectivity index (χ1n) is 16.2. The summed E-state index contributed by atoms with van der Waals surface area (Å²) in [7, 11) is 0. The number of carboxylic acid groups (broad SMARTS) is 2. The Morgan fingerprint density at radius 1 is 0.880 bits per heavy atom. The van der Waals surface area contributed by atoms with Gasteiger partial charge in [0, 0.05) is 13.0 Å². The highest BCUT2D eigenvalue weighted by Crippen LogP contribution is 2.20. The lowest BCUT2D eigenvalue weighted by Gasteiger charge is -2.30. The summed E-state index contributed by atoms with van der Waals surface area (Å²) in [6, 6.07) is -1.27. The second kappa shape index (κ2) is 19.1. The van der Waals surface area contributed by atoms with Gasteiger partial charge in [-0.25, -0.2) is 4.79 Å². The van der Waals surface area contributed by atoms with Crippen LogP contribution in [0.5, 0.6) is 5.75 Å². The largest absolute Gasteiger partial charge is 0.508 e. The van der Waals surface area contributed by atoms with Crippen LogP contribution in [0.3, 0.4) is 0 Å². The summed E-state index contributed by atoms with van der Waals surface area (Å²) in [5.41, 5.74) is 6.27. The number of nitrogens with one attached hydrogen (secondary N) is 5. The van der Waals surface area contributed by atoms with Gasteiger partial charge in [-0.1, -0.05) is 32.4 Å². The quantitative estimate of drug-likeness (QED) is 0.0798. The number of nitrogens with two attached hydrogens (primary N) is 1. The molecule has 0 spiro atoms. The molecule has 18 nitrogen and oxygen atoms in total. The Kier molecular flexibility index (Phi) is 15.6. The van der Waals surface area contributed by atoms with E-state index < -0.39 is 103 Å². The van der Waals surface area contributed by atoms with E-state index in [1.54, 1.807) is 13.8 Å². The highest BCUT2D eigenvalue weighted by Gasteiger charge is 2.39. The van der Waals surface area contributed by atoms with E-state index in [9.17, 15) is 48.6 Å². The topological polar surface area (TPSA) is 287 Å². The molecule has 1 aliphatic heterocycles. The molecule has 0 saturated carbocycles. The molecular weight excluding hydrogens is 658 g/mol. The minimum atomic E-state index is -1.33. The van der Waals surface area contributed by atoms with Crippen molar-refractivity contribution >= 4 is 47.4 Å². The van der Waals surface area contributed by atoms with Gasteiger partial charge in [-0.15, -0.1) is 0 Å². The van der Waals surface area contributed by atoms with Crippen molar-refractivity contribution in [3.05, 3.63) is 29.8 Å². The Bertz CT molecular complexity index is 1420. The number of hydrogen-bond acceptors (Lipinski definition) is 10. The Morgan fingerprint density at radius 3 is 2.06 bits per heavy atom. The molecule has 6 amide bonds. The lowest BCUT2D eigenvalue weighted by molar-refractivity contribution is -0.144. The van der Waals surface area contributed by atoms with Crippen LogP contribution < -0.4 is 32.3 Å². The van der Waals surface area contributed by atoms with Gasteiger partial charge in [0.05, 0.1) is 19.0 Å². The third-order valence-corrected chi connectivity index (χ3v) is 8.28. The van der Waals surface area contributed by atoms with Crippen LogP contribution in [0.1, 0.15) is 58.9 Å². The monoisotopic (exact) mass is 705 g/mol. The summed E-state index contributed by atoms with van der Waals surface area (Å²) in [6.07, 6.45) is 0.542. The molecule has 1 saturated heterocycles. The van der Waals surface area contributed by atoms with E-state index >= 15 is 0 Å². The van der Waals surface area contributed by atoms with Crippen molar-refractivity contribution in [2.75, 3.05) is 13.1 Å². The SMILES string of the molecule is CC[C@H](C)[C@H](NC(=O)[C@@H]1CCCN1C(=O)[C@@H](N)CC(=O)O)C(=O)N[C@@H](C)C(=O)N[C@@H](C)C(=O)NCC(=O)N[C@@H](Cc1ccc(O)cc1)C(=O)O. The molecule has 7 atom stereocenters. The lowest BCUT2D eigenvalue weighted by atomic mass is 9.97. The van der Waals surface area contributed by atoms with Crippen molar-refractivity contribution in [3.8, 4) is 5.75 Å². The normalized spacial score (nSPS) is 17.5. The summed E-state index contributed by atoms with van der Waals surface area (Å²) in [4.78, 5) is 101. The molecule has 18 heteroatoms. The van der Waals surface area contributed by atoms with Crippen molar-refractivity contribution in [2.24, 2.45) is 11.7 Å². The van der Waals surface area contributed by atoms with Gasteiger partial charge in [-0.05, 0) is 50.3 Å². The number of aromatic hydroxyl groups is 1. The zero-order valence-corrected chi connectivity index (χ0v) is 28.4. The fourth-order valence-corrected chi connectivity index (χ4v) is 5.15. The highest BCUT2D eigenvalue weighted by atomic mass is 16.4. The highest BCUT2D eigenvalue weighted by molar-refractivity contribution is 5.97. The Labute approximate surface area is 288 Å². The van der Waals surface area contributed by atoms with E-state index in [2.05, 4.69) is 26.6 Å². The molecule has 0 bridgehead atoms. The van der Waals surface area contributed by atoms with E-state index in [0.29, 0.717) is 18.4 Å². The predicted molar refractivity (Wildman–Crippen MR) is 176 cm³/mol. The molecule has 1 fully saturated rings. The number of nitrogens with zero attached hydrogens (tertiary/aromatic N) is 1. The first kappa shape index (κ1) is 40.9. The van der Waals surface area contributed by atoms with Crippen molar-refractivity contribution in [3.63, 3.8) is 0 Å². The van der Waals surface area contributed by atoms with Gasteiger partial charge in [-0.2, -0.15) is 0 Å². The number of benzene rings is 1. The van der Waals surface area contributed by atoms with Gasteiger partial charge in [0.15, 0.2) is 0 Å². The summed E-state index contributed by atoms with van der Waals surface area (Å²) < 4.78 is 0. The first-order chi connectivity index (χ1) is 23.4. The van der Waals surface area contributed by atoms with Crippen LogP contribution in [0.4, 0.5) is 0 Å². The molecule has 50 heavy (non-hydrogen) atoms. The van der Waals surface area contributed by atoms with E-state index in [1.807, 2.05) is 0 Å². The van der Waals surface area contributed by atoms with Gasteiger partial charge in [0.1, 0.15) is 36.0 Å². The minimum Gasteiger partial charge on any atom is -0.508 e. The number of phenolic OH excluding ortho intramolecular Hbond substituents is 1. The minimum absolute atomic E-state index is 0.00450. The molecule has 276 valence electrons. The number of carboxylic acids is 2. The van der Waals surface area contributed by atoms with Crippen molar-refractivity contribution in [1.82, 2.24) is 31.5 Å². The molecule has 0 aromatic heterocycles. The molecule has 1 heterocycles. The van der Waals surface area contributed by atoms with Gasteiger partial charge in [-0.3, -0.25) is 33.6 Å². The smallest absolute Gasteiger partial charge is 0.326 e. The van der Waals surface area contributed by atoms with Gasteiger partial charge in [0.2, 0.25) is 35.4 Å². The van der Waals surface area contributed by atoms with Crippen LogP contribution in [-0.4, -0.2) is 117 Å². The zero-order valence-electron chi connectivity index (χ0n) is 28.4. The van der Waals surface area contributed by atoms with Gasteiger partial charge < -0.3 is 52.5 Å². The Morgan fingerprint density at radius 2 is 1.48 bits per heavy atom. The lowest BCUT2D eigenvalue weighted by Crippen LogP contribution is -2.59. The third kappa shape index (κ3) is 12.3. The Hall–Kier alpha value is -5.26. The van der Waals surface area contributed by atoms with Crippen LogP contribution >= 0.6 is 0 Å². The van der Waals surface area contributed by atoms with Crippen LogP contribution in [0.15, 0.2) is 24.3 Å². The third-order valence-electron chi connectivity index (χ3n) is 8.28. The molecule has 1 aromatic carbocycles. The van der Waals surface area contributed by atoms with Crippen molar-refractivity contribution in [1.29, 1.82) is 0 Å². The molecule has 1 aromatic rings. The van der Waals surface area contributed by atoms with Crippen LogP contribution in [0.2, 0.25) is 0 Å². The maximum absolute atomic E-state index is 13.3. The number of phenols is 1. The molecule has 0 radical (unpaired) electrons. The predicted octanol–water partition coefficient (Wildman–Crippen LogP) is -2.05. The van der Waals surface area contributed by atoms with Crippen molar-refractivity contribution < 1.29 is 53.7 Å². The first-order valence-corrected chi connectivity index (χ1v) is 16.2. The zero-order chi connectivity index (χ0) is 37.7. The number of likely N-dealkylation sites (tertiary alicyclic amines) is 1. The van der Waals surface area contributed by atoms with E-state index in [-0.39, 0.29) is 25.1 Å². The second-order valence-corrected chi connectivity index (χ2v) is 12.3. The van der Waals surface area contributed by atoms with Crippen LogP contribution in [0, 0.1) is 5.92 Å². The molecule has 0 unspecified atom stereocenters.